The molecule has 4 heteroatoms. The zero-order chi connectivity index (χ0) is 44.2. The smallest absolute Gasteiger partial charge is 0.0614 e. The number of benzene rings is 9. The molecule has 1 aliphatic carbocycles. The van der Waals surface area contributed by atoms with Crippen LogP contribution in [0.3, 0.4) is 0 Å². The van der Waals surface area contributed by atoms with E-state index in [0.717, 1.165) is 12.8 Å². The fraction of sp³-hybridized carbons (Fsp3) is 0.0794. The van der Waals surface area contributed by atoms with Gasteiger partial charge in [0, 0.05) is 55.1 Å². The third-order valence-corrected chi connectivity index (χ3v) is 15.9. The third-order valence-electron chi connectivity index (χ3n) is 14.7. The molecule has 0 saturated heterocycles. The maximum atomic E-state index is 4.32. The summed E-state index contributed by atoms with van der Waals surface area (Å²) < 4.78 is 3.73. The molecule has 2 aromatic heterocycles. The molecule has 3 nitrogen and oxygen atoms in total. The van der Waals surface area contributed by atoms with Crippen molar-refractivity contribution in [2.45, 2.75) is 31.7 Å². The Hall–Kier alpha value is -7.92. The lowest BCUT2D eigenvalue weighted by molar-refractivity contribution is 0.782. The first-order valence-electron chi connectivity index (χ1n) is 23.5. The van der Waals surface area contributed by atoms with Gasteiger partial charge in [0.15, 0.2) is 0 Å². The lowest BCUT2D eigenvalue weighted by atomic mass is 9.84. The predicted octanol–water partition coefficient (Wildman–Crippen LogP) is 17.0. The highest BCUT2D eigenvalue weighted by Gasteiger charge is 2.37. The molecule has 4 heterocycles. The number of anilines is 3. The van der Waals surface area contributed by atoms with Crippen molar-refractivity contribution in [3.63, 3.8) is 0 Å². The molecule has 14 rings (SSSR count). The highest BCUT2D eigenvalue weighted by molar-refractivity contribution is 7.21. The number of rotatable bonds is 5. The average Bonchev–Trinajstić information content (AvgIpc) is 3.99. The molecule has 0 saturated carbocycles. The first-order chi connectivity index (χ1) is 33.1. The Morgan fingerprint density at radius 1 is 0.552 bits per heavy atom. The van der Waals surface area contributed by atoms with Gasteiger partial charge in [-0.3, -0.25) is 0 Å². The fourth-order valence-electron chi connectivity index (χ4n) is 11.8. The summed E-state index contributed by atoms with van der Waals surface area (Å²) in [5.74, 6) is 0.323. The second kappa shape index (κ2) is 15.1. The summed E-state index contributed by atoms with van der Waals surface area (Å²) in [6, 6.07) is 76.6. The largest absolute Gasteiger partial charge is 0.376 e. The van der Waals surface area contributed by atoms with Crippen LogP contribution in [0.15, 0.2) is 218 Å². The van der Waals surface area contributed by atoms with Crippen molar-refractivity contribution in [3.05, 3.63) is 250 Å². The zero-order valence-electron chi connectivity index (χ0n) is 37.1. The van der Waals surface area contributed by atoms with Crippen LogP contribution in [0.1, 0.15) is 58.0 Å². The van der Waals surface area contributed by atoms with Gasteiger partial charge in [-0.2, -0.15) is 0 Å². The van der Waals surface area contributed by atoms with Gasteiger partial charge in [0.2, 0.25) is 0 Å². The SMILES string of the molecule is CC1=C(c2cccc3c2c2ccccc2n3-c2ccccc2)c2sc3ccc(-c4ccccc4)cc3c2NC(c2cccc3ccc(N4C5=Cc6ccccc6CC5c5ccccc54)cc23)C1. The number of hydrogen-bond acceptors (Lipinski definition) is 3. The molecular formula is C63H45N3S. The van der Waals surface area contributed by atoms with Gasteiger partial charge < -0.3 is 14.8 Å². The highest BCUT2D eigenvalue weighted by Crippen LogP contribution is 2.54. The van der Waals surface area contributed by atoms with Gasteiger partial charge in [0.05, 0.1) is 27.6 Å². The van der Waals surface area contributed by atoms with Crippen molar-refractivity contribution in [1.82, 2.24) is 4.57 Å². The van der Waals surface area contributed by atoms with E-state index in [0.29, 0.717) is 5.92 Å². The molecule has 11 aromatic rings. The van der Waals surface area contributed by atoms with Crippen LogP contribution in [0.5, 0.6) is 0 Å². The Morgan fingerprint density at radius 3 is 2.22 bits per heavy atom. The summed E-state index contributed by atoms with van der Waals surface area (Å²) in [7, 11) is 0. The van der Waals surface area contributed by atoms with E-state index < -0.39 is 0 Å². The number of allylic oxidation sites excluding steroid dienone is 1. The zero-order valence-corrected chi connectivity index (χ0v) is 37.9. The predicted molar refractivity (Wildman–Crippen MR) is 284 cm³/mol. The molecule has 0 amide bonds. The summed E-state index contributed by atoms with van der Waals surface area (Å²) in [4.78, 5) is 3.84. The first kappa shape index (κ1) is 38.4. The number of fused-ring (bicyclic) bond motifs is 11. The summed E-state index contributed by atoms with van der Waals surface area (Å²) in [6.07, 6.45) is 4.30. The number of aromatic nitrogens is 1. The highest BCUT2D eigenvalue weighted by atomic mass is 32.1. The van der Waals surface area contributed by atoms with E-state index >= 15 is 0 Å². The van der Waals surface area contributed by atoms with E-state index in [2.05, 4.69) is 234 Å². The number of nitrogens with one attached hydrogen (secondary N) is 1. The Kier molecular flexibility index (Phi) is 8.62. The van der Waals surface area contributed by atoms with Crippen LogP contribution in [0.25, 0.3) is 71.1 Å². The maximum Gasteiger partial charge on any atom is 0.0614 e. The second-order valence-electron chi connectivity index (χ2n) is 18.5. The van der Waals surface area contributed by atoms with Crippen molar-refractivity contribution in [2.75, 3.05) is 10.2 Å². The van der Waals surface area contributed by atoms with Gasteiger partial charge in [-0.15, -0.1) is 11.3 Å². The Labute approximate surface area is 394 Å². The standard InChI is InChI=1S/C63H45N3S/c1-39-34-54(47-25-14-20-41-30-32-46(38-51(41)47)66-55-27-12-10-23-48(55)52-35-42-18-8-9-19-43(42)37-58(52)66)64-62-53-36-44(40-16-4-2-5-17-40)31-33-59(53)67-63(62)60(39)50-26-15-29-57-61(50)49-24-11-13-28-56(49)65(57)45-21-6-3-7-22-45/h2-33,36-38,52,54,64H,34-35H2,1H3. The van der Waals surface area contributed by atoms with Gasteiger partial charge in [-0.05, 0) is 130 Å². The number of hydrogen-bond donors (Lipinski definition) is 1. The van der Waals surface area contributed by atoms with Crippen LogP contribution in [-0.4, -0.2) is 4.57 Å². The van der Waals surface area contributed by atoms with Crippen molar-refractivity contribution < 1.29 is 0 Å². The summed E-state index contributed by atoms with van der Waals surface area (Å²) in [5, 5.41) is 10.7. The van der Waals surface area contributed by atoms with Crippen molar-refractivity contribution in [3.8, 4) is 16.8 Å². The molecule has 9 aromatic carbocycles. The average molecular weight is 876 g/mol. The van der Waals surface area contributed by atoms with Crippen LogP contribution >= 0.6 is 11.3 Å². The van der Waals surface area contributed by atoms with Gasteiger partial charge in [0.25, 0.3) is 0 Å². The van der Waals surface area contributed by atoms with Gasteiger partial charge in [-0.25, -0.2) is 0 Å². The van der Waals surface area contributed by atoms with Crippen LogP contribution in [0.4, 0.5) is 17.1 Å². The van der Waals surface area contributed by atoms with E-state index in [-0.39, 0.29) is 6.04 Å². The number of para-hydroxylation sites is 3. The van der Waals surface area contributed by atoms with Crippen molar-refractivity contribution in [2.24, 2.45) is 0 Å². The van der Waals surface area contributed by atoms with Gasteiger partial charge in [-0.1, -0.05) is 157 Å². The Balaban J connectivity index is 0.978. The maximum absolute atomic E-state index is 4.32. The van der Waals surface area contributed by atoms with E-state index in [1.54, 1.807) is 0 Å². The molecule has 2 unspecified atom stereocenters. The molecule has 2 atom stereocenters. The van der Waals surface area contributed by atoms with E-state index in [1.165, 1.54) is 126 Å². The summed E-state index contributed by atoms with van der Waals surface area (Å²) in [6.45, 7) is 2.39. The van der Waals surface area contributed by atoms with E-state index in [1.807, 2.05) is 11.3 Å². The Morgan fingerprint density at radius 2 is 1.31 bits per heavy atom. The molecule has 0 fully saturated rings. The van der Waals surface area contributed by atoms with E-state index in [9.17, 15) is 0 Å². The molecule has 1 N–H and O–H groups in total. The van der Waals surface area contributed by atoms with Crippen LogP contribution in [0, 0.1) is 0 Å². The molecule has 67 heavy (non-hydrogen) atoms. The summed E-state index contributed by atoms with van der Waals surface area (Å²) >= 11 is 1.92. The molecule has 318 valence electrons. The first-order valence-corrected chi connectivity index (χ1v) is 24.3. The van der Waals surface area contributed by atoms with Crippen LogP contribution in [0.2, 0.25) is 0 Å². The lowest BCUT2D eigenvalue weighted by Gasteiger charge is -2.28. The monoisotopic (exact) mass is 875 g/mol. The van der Waals surface area contributed by atoms with Gasteiger partial charge in [0.1, 0.15) is 0 Å². The topological polar surface area (TPSA) is 20.2 Å². The quantitative estimate of drug-likeness (QED) is 0.186. The molecule has 0 spiro atoms. The minimum atomic E-state index is 0.0117. The van der Waals surface area contributed by atoms with Crippen LogP contribution in [-0.2, 0) is 6.42 Å². The number of thiophene rings is 1. The number of nitrogens with zero attached hydrogens (tertiary/aromatic N) is 2. The molecular weight excluding hydrogens is 831 g/mol. The van der Waals surface area contributed by atoms with Gasteiger partial charge >= 0.3 is 0 Å². The van der Waals surface area contributed by atoms with Crippen molar-refractivity contribution >= 4 is 82.7 Å². The molecule has 0 bridgehead atoms. The lowest BCUT2D eigenvalue weighted by Crippen LogP contribution is -2.17. The Bertz CT molecular complexity index is 3870. The molecule has 3 aliphatic rings. The fourth-order valence-corrected chi connectivity index (χ4v) is 13.0. The molecule has 2 aliphatic heterocycles. The minimum absolute atomic E-state index is 0.0117. The third kappa shape index (κ3) is 5.96. The summed E-state index contributed by atoms with van der Waals surface area (Å²) in [5.41, 5.74) is 20.6. The molecule has 0 radical (unpaired) electrons. The second-order valence-corrected chi connectivity index (χ2v) is 19.6. The van der Waals surface area contributed by atoms with Crippen LogP contribution < -0.4 is 10.2 Å². The van der Waals surface area contributed by atoms with Crippen molar-refractivity contribution in [1.29, 1.82) is 0 Å². The minimum Gasteiger partial charge on any atom is -0.376 e. The normalized spacial score (nSPS) is 16.4. The van der Waals surface area contributed by atoms with E-state index in [4.69, 9.17) is 0 Å².